The minimum atomic E-state index is -4.61. The summed E-state index contributed by atoms with van der Waals surface area (Å²) in [5.41, 5.74) is 0.923. The lowest BCUT2D eigenvalue weighted by Crippen LogP contribution is -2.14. The Labute approximate surface area is 167 Å². The number of halogens is 5. The van der Waals surface area contributed by atoms with Gasteiger partial charge in [0.2, 0.25) is 0 Å². The molecule has 28 heavy (non-hydrogen) atoms. The molecule has 2 heterocycles. The van der Waals surface area contributed by atoms with E-state index in [4.69, 9.17) is 23.2 Å². The molecule has 0 saturated heterocycles. The van der Waals surface area contributed by atoms with Crippen LogP contribution in [0.2, 0.25) is 10.0 Å². The molecule has 0 radical (unpaired) electrons. The van der Waals surface area contributed by atoms with Crippen LogP contribution in [-0.2, 0) is 12.7 Å². The van der Waals surface area contributed by atoms with Gasteiger partial charge in [-0.25, -0.2) is 0 Å². The highest BCUT2D eigenvalue weighted by molar-refractivity contribution is 6.42. The van der Waals surface area contributed by atoms with Crippen molar-refractivity contribution in [1.29, 1.82) is 0 Å². The standard InChI is InChI=1S/C17H14Cl2F3N5O/c1-8-15(23-16(28)13-6-14(25-24-13)17(20,21)22)9(2)27(26-8)7-10-3-4-11(18)12(19)5-10/h3-6H,7H2,1-2H3,(H,23,28)(H,24,25). The third kappa shape index (κ3) is 4.15. The second-order valence-corrected chi connectivity index (χ2v) is 6.89. The summed E-state index contributed by atoms with van der Waals surface area (Å²) in [6.07, 6.45) is -4.61. The van der Waals surface area contributed by atoms with E-state index in [0.29, 0.717) is 39.7 Å². The van der Waals surface area contributed by atoms with E-state index < -0.39 is 17.8 Å². The van der Waals surface area contributed by atoms with E-state index in [2.05, 4.69) is 15.5 Å². The number of nitrogens with one attached hydrogen (secondary N) is 2. The number of H-pyrrole nitrogens is 1. The van der Waals surface area contributed by atoms with Crippen LogP contribution >= 0.6 is 23.2 Å². The Kier molecular flexibility index (Phi) is 5.40. The van der Waals surface area contributed by atoms with Crippen molar-refractivity contribution in [3.8, 4) is 0 Å². The molecule has 6 nitrogen and oxygen atoms in total. The Morgan fingerprint density at radius 3 is 2.54 bits per heavy atom. The molecule has 0 fully saturated rings. The molecular weight excluding hydrogens is 418 g/mol. The molecule has 0 aliphatic rings. The number of alkyl halides is 3. The first-order chi connectivity index (χ1) is 13.1. The molecule has 1 aromatic carbocycles. The largest absolute Gasteiger partial charge is 0.432 e. The Hall–Kier alpha value is -2.52. The molecule has 0 spiro atoms. The van der Waals surface area contributed by atoms with Gasteiger partial charge in [-0.2, -0.15) is 23.4 Å². The van der Waals surface area contributed by atoms with Gasteiger partial charge in [0.15, 0.2) is 5.69 Å². The first-order valence-electron chi connectivity index (χ1n) is 7.98. The molecule has 3 rings (SSSR count). The van der Waals surface area contributed by atoms with Gasteiger partial charge in [-0.1, -0.05) is 29.3 Å². The molecule has 0 aliphatic carbocycles. The number of aromatic amines is 1. The fourth-order valence-corrected chi connectivity index (χ4v) is 2.92. The molecule has 0 bridgehead atoms. The quantitative estimate of drug-likeness (QED) is 0.619. The number of amides is 1. The lowest BCUT2D eigenvalue weighted by atomic mass is 10.2. The van der Waals surface area contributed by atoms with Crippen LogP contribution in [0, 0.1) is 13.8 Å². The third-order valence-corrected chi connectivity index (χ3v) is 4.79. The van der Waals surface area contributed by atoms with Crippen molar-refractivity contribution in [2.24, 2.45) is 0 Å². The fraction of sp³-hybridized carbons (Fsp3) is 0.235. The molecule has 148 valence electrons. The van der Waals surface area contributed by atoms with Crippen molar-refractivity contribution in [3.05, 3.63) is 62.6 Å². The summed E-state index contributed by atoms with van der Waals surface area (Å²) in [7, 11) is 0. The van der Waals surface area contributed by atoms with Crippen molar-refractivity contribution in [2.45, 2.75) is 26.6 Å². The maximum absolute atomic E-state index is 12.6. The lowest BCUT2D eigenvalue weighted by Gasteiger charge is -2.07. The third-order valence-electron chi connectivity index (χ3n) is 4.05. The molecule has 2 aromatic heterocycles. The van der Waals surface area contributed by atoms with Crippen molar-refractivity contribution in [3.63, 3.8) is 0 Å². The highest BCUT2D eigenvalue weighted by Gasteiger charge is 2.34. The summed E-state index contributed by atoms with van der Waals surface area (Å²) >= 11 is 11.9. The number of nitrogens with zero attached hydrogens (tertiary/aromatic N) is 3. The van der Waals surface area contributed by atoms with Gasteiger partial charge >= 0.3 is 6.18 Å². The number of hydrogen-bond acceptors (Lipinski definition) is 3. The fourth-order valence-electron chi connectivity index (χ4n) is 2.60. The van der Waals surface area contributed by atoms with Crippen LogP contribution in [0.5, 0.6) is 0 Å². The molecule has 1 amide bonds. The highest BCUT2D eigenvalue weighted by atomic mass is 35.5. The summed E-state index contributed by atoms with van der Waals surface area (Å²) in [6.45, 7) is 3.79. The average molecular weight is 432 g/mol. The van der Waals surface area contributed by atoms with Gasteiger partial charge in [-0.05, 0) is 31.5 Å². The predicted octanol–water partition coefficient (Wildman–Crippen LogP) is 4.85. The van der Waals surface area contributed by atoms with Gasteiger partial charge < -0.3 is 5.32 Å². The second-order valence-electron chi connectivity index (χ2n) is 6.07. The van der Waals surface area contributed by atoms with Gasteiger partial charge in [0.05, 0.1) is 33.7 Å². The van der Waals surface area contributed by atoms with Crippen LogP contribution in [0.25, 0.3) is 0 Å². The Balaban J connectivity index is 1.80. The molecule has 3 aromatic rings. The van der Waals surface area contributed by atoms with Gasteiger partial charge in [-0.15, -0.1) is 0 Å². The van der Waals surface area contributed by atoms with Gasteiger partial charge in [0, 0.05) is 6.07 Å². The number of aromatic nitrogens is 4. The van der Waals surface area contributed by atoms with Crippen LogP contribution in [0.4, 0.5) is 18.9 Å². The zero-order chi connectivity index (χ0) is 20.6. The van der Waals surface area contributed by atoms with Crippen LogP contribution < -0.4 is 5.32 Å². The Bertz CT molecular complexity index is 1040. The van der Waals surface area contributed by atoms with Gasteiger partial charge in [0.25, 0.3) is 5.91 Å². The monoisotopic (exact) mass is 431 g/mol. The maximum atomic E-state index is 12.6. The topological polar surface area (TPSA) is 75.6 Å². The Morgan fingerprint density at radius 2 is 1.93 bits per heavy atom. The molecule has 0 unspecified atom stereocenters. The van der Waals surface area contributed by atoms with E-state index in [-0.39, 0.29) is 5.69 Å². The number of anilines is 1. The summed E-state index contributed by atoms with van der Waals surface area (Å²) in [6, 6.07) is 5.83. The zero-order valence-electron chi connectivity index (χ0n) is 14.7. The molecular formula is C17H14Cl2F3N5O. The summed E-state index contributed by atoms with van der Waals surface area (Å²) in [4.78, 5) is 12.3. The minimum Gasteiger partial charge on any atom is -0.317 e. The minimum absolute atomic E-state index is 0.372. The van der Waals surface area contributed by atoms with E-state index in [1.54, 1.807) is 36.7 Å². The first-order valence-corrected chi connectivity index (χ1v) is 8.73. The molecule has 2 N–H and O–H groups in total. The van der Waals surface area contributed by atoms with Crippen LogP contribution in [-0.4, -0.2) is 25.9 Å². The molecule has 11 heteroatoms. The SMILES string of the molecule is Cc1nn(Cc2ccc(Cl)c(Cl)c2)c(C)c1NC(=O)c1cc(C(F)(F)F)[nH]n1. The first kappa shape index (κ1) is 20.2. The van der Waals surface area contributed by atoms with Gasteiger partial charge in [0.1, 0.15) is 5.69 Å². The smallest absolute Gasteiger partial charge is 0.317 e. The number of carbonyl (C=O) groups excluding carboxylic acids is 1. The van der Waals surface area contributed by atoms with Crippen LogP contribution in [0.3, 0.4) is 0 Å². The van der Waals surface area contributed by atoms with E-state index in [0.717, 1.165) is 5.56 Å². The number of hydrogen-bond donors (Lipinski definition) is 2. The molecule has 0 aliphatic heterocycles. The second kappa shape index (κ2) is 7.48. The number of rotatable bonds is 4. The van der Waals surface area contributed by atoms with E-state index in [1.165, 1.54) is 0 Å². The van der Waals surface area contributed by atoms with Crippen molar-refractivity contribution in [1.82, 2.24) is 20.0 Å². The number of carbonyl (C=O) groups is 1. The van der Waals surface area contributed by atoms with E-state index >= 15 is 0 Å². The normalized spacial score (nSPS) is 11.7. The number of benzene rings is 1. The summed E-state index contributed by atoms with van der Waals surface area (Å²) in [5, 5.41) is 13.0. The van der Waals surface area contributed by atoms with Crippen molar-refractivity contribution in [2.75, 3.05) is 5.32 Å². The van der Waals surface area contributed by atoms with Gasteiger partial charge in [-0.3, -0.25) is 14.6 Å². The van der Waals surface area contributed by atoms with Crippen LogP contribution in [0.15, 0.2) is 24.3 Å². The van der Waals surface area contributed by atoms with Crippen LogP contribution in [0.1, 0.15) is 33.1 Å². The van der Waals surface area contributed by atoms with E-state index in [9.17, 15) is 18.0 Å². The molecule has 0 saturated carbocycles. The maximum Gasteiger partial charge on any atom is 0.432 e. The highest BCUT2D eigenvalue weighted by Crippen LogP contribution is 2.28. The molecule has 0 atom stereocenters. The zero-order valence-corrected chi connectivity index (χ0v) is 16.2. The van der Waals surface area contributed by atoms with Crippen molar-refractivity contribution >= 4 is 34.8 Å². The summed E-state index contributed by atoms with van der Waals surface area (Å²) < 4.78 is 39.6. The average Bonchev–Trinajstić information content (AvgIpc) is 3.20. The van der Waals surface area contributed by atoms with E-state index in [1.807, 2.05) is 5.10 Å². The van der Waals surface area contributed by atoms with Crippen molar-refractivity contribution < 1.29 is 18.0 Å². The number of aryl methyl sites for hydroxylation is 1. The lowest BCUT2D eigenvalue weighted by molar-refractivity contribution is -0.141. The predicted molar refractivity (Wildman–Crippen MR) is 98.8 cm³/mol. The Morgan fingerprint density at radius 1 is 1.21 bits per heavy atom. The summed E-state index contributed by atoms with van der Waals surface area (Å²) in [5.74, 6) is -0.771.